The molecule has 1 aliphatic carbocycles. The lowest BCUT2D eigenvalue weighted by Crippen LogP contribution is -2.33. The van der Waals surface area contributed by atoms with Crippen molar-refractivity contribution in [3.8, 4) is 11.5 Å². The minimum absolute atomic E-state index is 0.0128. The third-order valence-electron chi connectivity index (χ3n) is 3.45. The number of rotatable bonds is 5. The molecule has 0 spiro atoms. The quantitative estimate of drug-likeness (QED) is 0.646. The van der Waals surface area contributed by atoms with Gasteiger partial charge in [0.2, 0.25) is 11.7 Å². The number of anilines is 1. The lowest BCUT2D eigenvalue weighted by Gasteiger charge is -2.26. The van der Waals surface area contributed by atoms with Crippen LogP contribution < -0.4 is 20.1 Å². The molecular formula is C17H18N2O5. The van der Waals surface area contributed by atoms with Gasteiger partial charge in [-0.05, 0) is 25.1 Å². The minimum Gasteiger partial charge on any atom is -0.494 e. The third kappa shape index (κ3) is 3.36. The molecule has 1 aromatic rings. The molecule has 1 aromatic carbocycles. The highest BCUT2D eigenvalue weighted by Crippen LogP contribution is 2.35. The Morgan fingerprint density at radius 3 is 2.50 bits per heavy atom. The van der Waals surface area contributed by atoms with E-state index < -0.39 is 11.7 Å². The molecule has 126 valence electrons. The van der Waals surface area contributed by atoms with Crippen LogP contribution in [-0.2, 0) is 14.4 Å². The van der Waals surface area contributed by atoms with Crippen molar-refractivity contribution in [2.45, 2.75) is 13.8 Å². The molecule has 0 radical (unpaired) electrons. The van der Waals surface area contributed by atoms with Crippen LogP contribution in [0.25, 0.3) is 0 Å². The van der Waals surface area contributed by atoms with Gasteiger partial charge in [-0.2, -0.15) is 0 Å². The number of methoxy groups -OCH3 is 1. The molecule has 2 N–H and O–H groups in total. The summed E-state index contributed by atoms with van der Waals surface area (Å²) < 4.78 is 10.5. The van der Waals surface area contributed by atoms with Gasteiger partial charge in [0.1, 0.15) is 23.9 Å². The second-order valence-corrected chi connectivity index (χ2v) is 5.08. The standard InChI is InChI=1S/C17H18N2O5/c1-10-6-16(22)14(8-15(10)21)19(11(2)20)13-5-4-12(24-9-18)7-17(13)23-3/h4-8H,9,18H2,1-3H3. The van der Waals surface area contributed by atoms with Crippen LogP contribution in [0.4, 0.5) is 5.69 Å². The Kier molecular flexibility index (Phi) is 5.15. The van der Waals surface area contributed by atoms with Gasteiger partial charge in [0.15, 0.2) is 5.78 Å². The molecule has 0 atom stereocenters. The highest BCUT2D eigenvalue weighted by Gasteiger charge is 2.28. The van der Waals surface area contributed by atoms with E-state index in [-0.39, 0.29) is 18.2 Å². The molecule has 7 nitrogen and oxygen atoms in total. The van der Waals surface area contributed by atoms with Crippen LogP contribution in [0.1, 0.15) is 13.8 Å². The molecule has 0 fully saturated rings. The molecule has 0 aromatic heterocycles. The van der Waals surface area contributed by atoms with Crippen LogP contribution in [0.3, 0.4) is 0 Å². The highest BCUT2D eigenvalue weighted by atomic mass is 16.5. The fraction of sp³-hybridized carbons (Fsp3) is 0.235. The zero-order valence-electron chi connectivity index (χ0n) is 13.7. The number of hydrogen-bond donors (Lipinski definition) is 1. The van der Waals surface area contributed by atoms with Crippen molar-refractivity contribution in [1.82, 2.24) is 0 Å². The summed E-state index contributed by atoms with van der Waals surface area (Å²) in [4.78, 5) is 37.5. The number of carbonyl (C=O) groups excluding carboxylic acids is 3. The predicted octanol–water partition coefficient (Wildman–Crippen LogP) is 1.33. The van der Waals surface area contributed by atoms with Gasteiger partial charge in [-0.25, -0.2) is 0 Å². The van der Waals surface area contributed by atoms with Gasteiger partial charge in [0.05, 0.1) is 12.8 Å². The van der Waals surface area contributed by atoms with Crippen molar-refractivity contribution in [1.29, 1.82) is 0 Å². The summed E-state index contributed by atoms with van der Waals surface area (Å²) in [5.41, 5.74) is 5.97. The van der Waals surface area contributed by atoms with Gasteiger partial charge in [-0.1, -0.05) is 0 Å². The van der Waals surface area contributed by atoms with E-state index in [1.165, 1.54) is 20.1 Å². The van der Waals surface area contributed by atoms with Gasteiger partial charge in [-0.15, -0.1) is 0 Å². The zero-order valence-corrected chi connectivity index (χ0v) is 13.7. The van der Waals surface area contributed by atoms with E-state index in [4.69, 9.17) is 15.2 Å². The molecule has 0 unspecified atom stereocenters. The molecule has 0 saturated heterocycles. The summed E-state index contributed by atoms with van der Waals surface area (Å²) in [7, 11) is 1.43. The fourth-order valence-corrected chi connectivity index (χ4v) is 2.32. The molecule has 24 heavy (non-hydrogen) atoms. The lowest BCUT2D eigenvalue weighted by atomic mass is 10.0. The number of ether oxygens (including phenoxy) is 2. The first kappa shape index (κ1) is 17.4. The topological polar surface area (TPSA) is 98.9 Å². The van der Waals surface area contributed by atoms with Crippen LogP contribution in [0, 0.1) is 0 Å². The summed E-state index contributed by atoms with van der Waals surface area (Å²) in [6.07, 6.45) is 2.37. The molecule has 0 aliphatic heterocycles. The van der Waals surface area contributed by atoms with Crippen LogP contribution in [0.15, 0.2) is 41.6 Å². The maximum Gasteiger partial charge on any atom is 0.228 e. The summed E-state index contributed by atoms with van der Waals surface area (Å²) in [6.45, 7) is 2.83. The van der Waals surface area contributed by atoms with E-state index in [0.717, 1.165) is 11.0 Å². The number of nitrogens with two attached hydrogens (primary N) is 1. The normalized spacial score (nSPS) is 14.0. The maximum absolute atomic E-state index is 12.3. The van der Waals surface area contributed by atoms with E-state index in [2.05, 4.69) is 0 Å². The number of carbonyl (C=O) groups is 3. The Morgan fingerprint density at radius 2 is 1.92 bits per heavy atom. The predicted molar refractivity (Wildman–Crippen MR) is 87.7 cm³/mol. The number of benzene rings is 1. The Labute approximate surface area is 139 Å². The number of nitrogens with zero attached hydrogens (tertiary/aromatic N) is 1. The second-order valence-electron chi connectivity index (χ2n) is 5.08. The zero-order chi connectivity index (χ0) is 17.9. The van der Waals surface area contributed by atoms with E-state index in [1.54, 1.807) is 25.1 Å². The van der Waals surface area contributed by atoms with Crippen LogP contribution >= 0.6 is 0 Å². The number of allylic oxidation sites excluding steroid dienone is 3. The molecule has 0 bridgehead atoms. The van der Waals surface area contributed by atoms with E-state index in [0.29, 0.717) is 22.8 Å². The largest absolute Gasteiger partial charge is 0.494 e. The molecule has 2 rings (SSSR count). The van der Waals surface area contributed by atoms with Gasteiger partial charge in [-0.3, -0.25) is 25.0 Å². The monoisotopic (exact) mass is 330 g/mol. The van der Waals surface area contributed by atoms with E-state index >= 15 is 0 Å². The fourth-order valence-electron chi connectivity index (χ4n) is 2.32. The Hall–Kier alpha value is -2.93. The van der Waals surface area contributed by atoms with Crippen LogP contribution in [-0.4, -0.2) is 31.3 Å². The Morgan fingerprint density at radius 1 is 1.21 bits per heavy atom. The molecule has 7 heteroatoms. The van der Waals surface area contributed by atoms with Crippen molar-refractivity contribution in [2.75, 3.05) is 18.7 Å². The van der Waals surface area contributed by atoms with Gasteiger partial charge in [0.25, 0.3) is 0 Å². The van der Waals surface area contributed by atoms with Crippen molar-refractivity contribution >= 4 is 23.2 Å². The van der Waals surface area contributed by atoms with Crippen molar-refractivity contribution in [3.05, 3.63) is 41.6 Å². The van der Waals surface area contributed by atoms with Crippen molar-refractivity contribution in [2.24, 2.45) is 5.73 Å². The van der Waals surface area contributed by atoms with Crippen molar-refractivity contribution < 1.29 is 23.9 Å². The Bertz CT molecular complexity index is 764. The average Bonchev–Trinajstić information content (AvgIpc) is 2.53. The number of amides is 1. The molecule has 0 heterocycles. The average molecular weight is 330 g/mol. The van der Waals surface area contributed by atoms with Crippen molar-refractivity contribution in [3.63, 3.8) is 0 Å². The SMILES string of the molecule is COc1cc(OCN)ccc1N(C(C)=O)C1=CC(=O)C(C)=CC1=O. The summed E-state index contributed by atoms with van der Waals surface area (Å²) in [6, 6.07) is 4.71. The number of hydrogen-bond acceptors (Lipinski definition) is 6. The van der Waals surface area contributed by atoms with Gasteiger partial charge in [0, 0.05) is 24.6 Å². The first-order valence-corrected chi connectivity index (χ1v) is 7.19. The second kappa shape index (κ2) is 7.10. The summed E-state index contributed by atoms with van der Waals surface area (Å²) in [5, 5.41) is 0. The van der Waals surface area contributed by atoms with Gasteiger partial charge < -0.3 is 9.47 Å². The number of ketones is 2. The molecule has 1 amide bonds. The lowest BCUT2D eigenvalue weighted by molar-refractivity contribution is -0.118. The van der Waals surface area contributed by atoms with E-state index in [1.807, 2.05) is 0 Å². The highest BCUT2D eigenvalue weighted by molar-refractivity contribution is 6.23. The molecule has 0 saturated carbocycles. The smallest absolute Gasteiger partial charge is 0.228 e. The first-order chi connectivity index (χ1) is 11.4. The summed E-state index contributed by atoms with van der Waals surface area (Å²) >= 11 is 0. The summed E-state index contributed by atoms with van der Waals surface area (Å²) in [5.74, 6) is -0.411. The molecule has 1 aliphatic rings. The van der Waals surface area contributed by atoms with Gasteiger partial charge >= 0.3 is 0 Å². The first-order valence-electron chi connectivity index (χ1n) is 7.19. The van der Waals surface area contributed by atoms with E-state index in [9.17, 15) is 14.4 Å². The van der Waals surface area contributed by atoms with Crippen LogP contribution in [0.5, 0.6) is 11.5 Å². The molecular weight excluding hydrogens is 312 g/mol. The Balaban J connectivity index is 2.53. The third-order valence-corrected chi connectivity index (χ3v) is 3.45. The maximum atomic E-state index is 12.3. The minimum atomic E-state index is -0.429. The van der Waals surface area contributed by atoms with Crippen LogP contribution in [0.2, 0.25) is 0 Å².